The summed E-state index contributed by atoms with van der Waals surface area (Å²) >= 11 is 0. The van der Waals surface area contributed by atoms with Crippen molar-refractivity contribution in [2.24, 2.45) is 0 Å². The lowest BCUT2D eigenvalue weighted by molar-refractivity contribution is 0.189. The molecule has 4 N–H and O–H groups in total. The molecule has 0 spiro atoms. The van der Waals surface area contributed by atoms with Gasteiger partial charge in [-0.1, -0.05) is 0 Å². The second-order valence-electron chi connectivity index (χ2n) is 3.72. The molecular formula is C9H17N5O. The number of β-amino-alcohol motifs (C(OH)–C–C–N with tert-alkyl or cyclic N) is 1. The smallest absolute Gasteiger partial charge is 0.142 e. The number of hydrogen-bond acceptors (Lipinski definition) is 5. The van der Waals surface area contributed by atoms with Crippen LogP contribution in [-0.2, 0) is 0 Å². The number of aliphatic hydroxyl groups excluding tert-OH is 1. The second kappa shape index (κ2) is 4.50. The first-order chi connectivity index (χ1) is 7.31. The first-order valence-electron chi connectivity index (χ1n) is 5.18. The highest BCUT2D eigenvalue weighted by Crippen LogP contribution is 2.20. The molecular weight excluding hydrogens is 194 g/mol. The van der Waals surface area contributed by atoms with E-state index in [1.807, 2.05) is 0 Å². The molecule has 1 fully saturated rings. The molecule has 6 heteroatoms. The lowest BCUT2D eigenvalue weighted by Gasteiger charge is -2.35. The van der Waals surface area contributed by atoms with Crippen LogP contribution in [0.15, 0.2) is 6.20 Å². The molecule has 84 valence electrons. The van der Waals surface area contributed by atoms with Crippen LogP contribution in [0.25, 0.3) is 0 Å². The molecule has 0 atom stereocenters. The maximum absolute atomic E-state index is 8.82. The minimum absolute atomic E-state index is 0.230. The van der Waals surface area contributed by atoms with Gasteiger partial charge in [-0.15, -0.1) is 0 Å². The summed E-state index contributed by atoms with van der Waals surface area (Å²) in [6.45, 7) is 4.78. The Kier molecular flexibility index (Phi) is 3.08. The third-order valence-electron chi connectivity index (χ3n) is 2.78. The molecule has 0 radical (unpaired) electrons. The van der Waals surface area contributed by atoms with Crippen LogP contribution in [-0.4, -0.2) is 59.5 Å². The van der Waals surface area contributed by atoms with E-state index in [1.165, 1.54) is 0 Å². The molecule has 1 aliphatic rings. The van der Waals surface area contributed by atoms with Gasteiger partial charge < -0.3 is 15.7 Å². The predicted molar refractivity (Wildman–Crippen MR) is 58.7 cm³/mol. The number of aliphatic hydroxyl groups is 1. The van der Waals surface area contributed by atoms with E-state index in [-0.39, 0.29) is 6.61 Å². The van der Waals surface area contributed by atoms with Crippen molar-refractivity contribution in [3.63, 3.8) is 0 Å². The fourth-order valence-electron chi connectivity index (χ4n) is 1.90. The van der Waals surface area contributed by atoms with E-state index in [1.54, 1.807) is 6.20 Å². The highest BCUT2D eigenvalue weighted by atomic mass is 16.3. The monoisotopic (exact) mass is 211 g/mol. The van der Waals surface area contributed by atoms with Crippen LogP contribution in [0.3, 0.4) is 0 Å². The number of nitrogen functional groups attached to an aromatic ring is 1. The van der Waals surface area contributed by atoms with Crippen molar-refractivity contribution >= 4 is 11.5 Å². The van der Waals surface area contributed by atoms with E-state index in [4.69, 9.17) is 10.8 Å². The van der Waals surface area contributed by atoms with Gasteiger partial charge in [-0.25, -0.2) is 0 Å². The van der Waals surface area contributed by atoms with Crippen molar-refractivity contribution in [2.75, 3.05) is 50.0 Å². The molecule has 0 bridgehead atoms. The fraction of sp³-hybridized carbons (Fsp3) is 0.667. The van der Waals surface area contributed by atoms with E-state index in [0.29, 0.717) is 5.82 Å². The topological polar surface area (TPSA) is 81.4 Å². The highest BCUT2D eigenvalue weighted by Gasteiger charge is 2.18. The van der Waals surface area contributed by atoms with Crippen molar-refractivity contribution in [3.05, 3.63) is 6.20 Å². The van der Waals surface area contributed by atoms with Gasteiger partial charge in [0.15, 0.2) is 0 Å². The number of nitrogens with one attached hydrogen (secondary N) is 1. The number of nitrogens with two attached hydrogens (primary N) is 1. The number of hydrogen-bond donors (Lipinski definition) is 3. The van der Waals surface area contributed by atoms with Gasteiger partial charge in [0.25, 0.3) is 0 Å². The summed E-state index contributed by atoms with van der Waals surface area (Å²) in [5, 5.41) is 15.5. The summed E-state index contributed by atoms with van der Waals surface area (Å²) in [6, 6.07) is 0. The second-order valence-corrected chi connectivity index (χ2v) is 3.72. The van der Waals surface area contributed by atoms with Crippen molar-refractivity contribution in [2.45, 2.75) is 0 Å². The van der Waals surface area contributed by atoms with Gasteiger partial charge in [-0.05, 0) is 0 Å². The zero-order valence-corrected chi connectivity index (χ0v) is 8.69. The Morgan fingerprint density at radius 1 is 1.40 bits per heavy atom. The van der Waals surface area contributed by atoms with Gasteiger partial charge in [0.2, 0.25) is 0 Å². The summed E-state index contributed by atoms with van der Waals surface area (Å²) < 4.78 is 0. The van der Waals surface area contributed by atoms with Crippen molar-refractivity contribution in [1.29, 1.82) is 0 Å². The SMILES string of the molecule is Nc1[nH]ncc1N1CCN(CCO)CC1. The molecule has 1 aliphatic heterocycles. The molecule has 15 heavy (non-hydrogen) atoms. The number of aromatic nitrogens is 2. The largest absolute Gasteiger partial charge is 0.395 e. The van der Waals surface area contributed by atoms with Crippen LogP contribution in [0, 0.1) is 0 Å². The first-order valence-corrected chi connectivity index (χ1v) is 5.18. The quantitative estimate of drug-likeness (QED) is 0.604. The van der Waals surface area contributed by atoms with E-state index < -0.39 is 0 Å². The molecule has 0 aromatic carbocycles. The molecule has 1 saturated heterocycles. The summed E-state index contributed by atoms with van der Waals surface area (Å²) in [7, 11) is 0. The number of piperazine rings is 1. The van der Waals surface area contributed by atoms with E-state index >= 15 is 0 Å². The average Bonchev–Trinajstić information content (AvgIpc) is 2.66. The minimum atomic E-state index is 0.230. The standard InChI is InChI=1S/C9H17N5O/c10-9-8(7-11-12-9)14-3-1-13(2-4-14)5-6-15/h7,15H,1-6H2,(H3,10,11,12). The summed E-state index contributed by atoms with van der Waals surface area (Å²) in [6.07, 6.45) is 1.76. The molecule has 1 aromatic rings. The zero-order valence-electron chi connectivity index (χ0n) is 8.69. The van der Waals surface area contributed by atoms with Crippen LogP contribution >= 0.6 is 0 Å². The van der Waals surface area contributed by atoms with E-state index in [0.717, 1.165) is 38.4 Å². The molecule has 1 aromatic heterocycles. The van der Waals surface area contributed by atoms with Crippen LogP contribution in [0.1, 0.15) is 0 Å². The molecule has 0 aliphatic carbocycles. The Balaban J connectivity index is 1.91. The molecule has 2 heterocycles. The van der Waals surface area contributed by atoms with Crippen molar-refractivity contribution in [1.82, 2.24) is 15.1 Å². The van der Waals surface area contributed by atoms with Gasteiger partial charge in [-0.2, -0.15) is 5.10 Å². The summed E-state index contributed by atoms with van der Waals surface area (Å²) in [5.41, 5.74) is 6.74. The van der Waals surface area contributed by atoms with Crippen LogP contribution < -0.4 is 10.6 Å². The Morgan fingerprint density at radius 3 is 2.67 bits per heavy atom. The van der Waals surface area contributed by atoms with Gasteiger partial charge >= 0.3 is 0 Å². The Morgan fingerprint density at radius 2 is 2.13 bits per heavy atom. The molecule has 2 rings (SSSR count). The average molecular weight is 211 g/mol. The zero-order chi connectivity index (χ0) is 10.7. The summed E-state index contributed by atoms with van der Waals surface area (Å²) in [5.74, 6) is 0.630. The molecule has 0 amide bonds. The Hall–Kier alpha value is -1.27. The lowest BCUT2D eigenvalue weighted by atomic mass is 10.3. The lowest BCUT2D eigenvalue weighted by Crippen LogP contribution is -2.47. The number of aromatic amines is 1. The number of rotatable bonds is 3. The van der Waals surface area contributed by atoms with E-state index in [2.05, 4.69) is 20.0 Å². The van der Waals surface area contributed by atoms with Gasteiger partial charge in [0.05, 0.1) is 18.5 Å². The van der Waals surface area contributed by atoms with Gasteiger partial charge in [0, 0.05) is 32.7 Å². The molecule has 0 saturated carbocycles. The van der Waals surface area contributed by atoms with Gasteiger partial charge in [-0.3, -0.25) is 10.00 Å². The summed E-state index contributed by atoms with van der Waals surface area (Å²) in [4.78, 5) is 4.46. The maximum atomic E-state index is 8.82. The van der Waals surface area contributed by atoms with Crippen LogP contribution in [0.2, 0.25) is 0 Å². The third kappa shape index (κ3) is 2.21. The first kappa shape index (κ1) is 10.3. The van der Waals surface area contributed by atoms with Crippen molar-refractivity contribution in [3.8, 4) is 0 Å². The number of anilines is 2. The normalized spacial score (nSPS) is 18.3. The number of H-pyrrole nitrogens is 1. The van der Waals surface area contributed by atoms with Crippen LogP contribution in [0.5, 0.6) is 0 Å². The van der Waals surface area contributed by atoms with Crippen molar-refractivity contribution < 1.29 is 5.11 Å². The Bertz CT molecular complexity index is 305. The maximum Gasteiger partial charge on any atom is 0.142 e. The fourth-order valence-corrected chi connectivity index (χ4v) is 1.90. The van der Waals surface area contributed by atoms with Crippen LogP contribution in [0.4, 0.5) is 11.5 Å². The number of nitrogens with zero attached hydrogens (tertiary/aromatic N) is 3. The van der Waals surface area contributed by atoms with E-state index in [9.17, 15) is 0 Å². The predicted octanol–water partition coefficient (Wildman–Crippen LogP) is -0.894. The molecule has 0 unspecified atom stereocenters. The molecule has 6 nitrogen and oxygen atoms in total. The Labute approximate surface area is 88.7 Å². The third-order valence-corrected chi connectivity index (χ3v) is 2.78. The minimum Gasteiger partial charge on any atom is -0.395 e. The van der Waals surface area contributed by atoms with Gasteiger partial charge in [0.1, 0.15) is 5.82 Å². The highest BCUT2D eigenvalue weighted by molar-refractivity contribution is 5.62.